The summed E-state index contributed by atoms with van der Waals surface area (Å²) in [6.07, 6.45) is 0.546. The number of hydrogen-bond acceptors (Lipinski definition) is 2. The van der Waals surface area contributed by atoms with Crippen LogP contribution in [0, 0.1) is 5.82 Å². The molecule has 0 saturated heterocycles. The summed E-state index contributed by atoms with van der Waals surface area (Å²) in [7, 11) is 0. The Balaban J connectivity index is 0.00000180. The van der Waals surface area contributed by atoms with Crippen LogP contribution < -0.4 is 27.3 Å². The number of benzene rings is 1. The lowest BCUT2D eigenvalue weighted by atomic mass is 10.1. The zero-order valence-electron chi connectivity index (χ0n) is 9.93. The van der Waals surface area contributed by atoms with Crippen LogP contribution in [-0.2, 0) is 6.54 Å². The second-order valence-electron chi connectivity index (χ2n) is 3.99. The van der Waals surface area contributed by atoms with E-state index in [9.17, 15) is 9.50 Å². The lowest BCUT2D eigenvalue weighted by Crippen LogP contribution is -3.00. The second kappa shape index (κ2) is 6.98. The molecule has 0 amide bonds. The molecule has 0 saturated carbocycles. The highest BCUT2D eigenvalue weighted by atomic mass is 79.9. The van der Waals surface area contributed by atoms with Crippen molar-refractivity contribution in [2.75, 3.05) is 5.73 Å². The van der Waals surface area contributed by atoms with Crippen LogP contribution in [0.3, 0.4) is 0 Å². The summed E-state index contributed by atoms with van der Waals surface area (Å²) in [5.41, 5.74) is 6.48. The molecule has 0 bridgehead atoms. The minimum atomic E-state index is -0.729. The predicted octanol–water partition coefficient (Wildman–Crippen LogP) is -0.804. The van der Waals surface area contributed by atoms with Crippen molar-refractivity contribution in [3.8, 4) is 0 Å². The Morgan fingerprint density at radius 1 is 1.21 bits per heavy atom. The summed E-state index contributed by atoms with van der Waals surface area (Å²) in [6.45, 7) is 0.214. The van der Waals surface area contributed by atoms with Gasteiger partial charge in [-0.15, -0.1) is 0 Å². The van der Waals surface area contributed by atoms with Gasteiger partial charge < -0.3 is 22.1 Å². The summed E-state index contributed by atoms with van der Waals surface area (Å²) in [4.78, 5) is 0. The first kappa shape index (κ1) is 16.1. The first-order chi connectivity index (χ1) is 8.56. The molecule has 1 aromatic heterocycles. The van der Waals surface area contributed by atoms with Gasteiger partial charge in [0.15, 0.2) is 5.82 Å². The third-order valence-corrected chi connectivity index (χ3v) is 3.18. The first-order valence-electron chi connectivity index (χ1n) is 5.44. The van der Waals surface area contributed by atoms with Crippen molar-refractivity contribution in [2.24, 2.45) is 0 Å². The van der Waals surface area contributed by atoms with Gasteiger partial charge in [0.05, 0.1) is 0 Å². The molecule has 1 aromatic carbocycles. The third-order valence-electron chi connectivity index (χ3n) is 2.65. The second-order valence-corrected chi connectivity index (χ2v) is 4.91. The van der Waals surface area contributed by atoms with Crippen LogP contribution in [0.15, 0.2) is 47.1 Å². The van der Waals surface area contributed by atoms with Crippen molar-refractivity contribution >= 4 is 21.7 Å². The van der Waals surface area contributed by atoms with Crippen molar-refractivity contribution in [3.05, 3.63) is 58.4 Å². The van der Waals surface area contributed by atoms with E-state index in [0.717, 1.165) is 10.0 Å². The van der Waals surface area contributed by atoms with E-state index in [1.165, 1.54) is 22.9 Å². The smallest absolute Gasteiger partial charge is 0.272 e. The molecule has 19 heavy (non-hydrogen) atoms. The fraction of sp³-hybridized carbons (Fsp3) is 0.154. The number of hydrogen-bond donors (Lipinski definition) is 2. The standard InChI is InChI=1S/C13H12BrFN2O.BrH/c14-10-3-1-9(2-4-10)12(18)8-17-7-11(15)5-6-13(17)16;/h1-7,12,16,18H,8H2;1H. The number of nitrogens with two attached hydrogens (primary N) is 1. The summed E-state index contributed by atoms with van der Waals surface area (Å²) in [5, 5.41) is 10.1. The number of aliphatic hydroxyl groups excluding tert-OH is 1. The fourth-order valence-electron chi connectivity index (χ4n) is 1.66. The van der Waals surface area contributed by atoms with Crippen LogP contribution in [0.4, 0.5) is 10.2 Å². The molecular weight excluding hydrogens is 379 g/mol. The average molecular weight is 392 g/mol. The third kappa shape index (κ3) is 4.26. The van der Waals surface area contributed by atoms with Gasteiger partial charge >= 0.3 is 0 Å². The minimum Gasteiger partial charge on any atom is -1.00 e. The summed E-state index contributed by atoms with van der Waals surface area (Å²) < 4.78 is 15.5. The van der Waals surface area contributed by atoms with E-state index in [1.54, 1.807) is 0 Å². The molecule has 6 heteroatoms. The number of pyridine rings is 1. The van der Waals surface area contributed by atoms with Gasteiger partial charge in [0.2, 0.25) is 0 Å². The number of aliphatic hydroxyl groups is 1. The summed E-state index contributed by atoms with van der Waals surface area (Å²) >= 11 is 3.33. The van der Waals surface area contributed by atoms with Gasteiger partial charge in [0, 0.05) is 10.5 Å². The van der Waals surface area contributed by atoms with Crippen molar-refractivity contribution in [2.45, 2.75) is 12.6 Å². The highest BCUT2D eigenvalue weighted by Gasteiger charge is 2.14. The summed E-state index contributed by atoms with van der Waals surface area (Å²) in [5.74, 6) is 0.0276. The quantitative estimate of drug-likeness (QED) is 0.673. The highest BCUT2D eigenvalue weighted by molar-refractivity contribution is 9.10. The molecule has 1 atom stereocenters. The zero-order valence-corrected chi connectivity index (χ0v) is 13.1. The van der Waals surface area contributed by atoms with Crippen LogP contribution >= 0.6 is 15.9 Å². The van der Waals surface area contributed by atoms with E-state index in [1.807, 2.05) is 24.3 Å². The molecule has 3 nitrogen and oxygen atoms in total. The normalized spacial score (nSPS) is 11.7. The van der Waals surface area contributed by atoms with Crippen LogP contribution in [-0.4, -0.2) is 5.11 Å². The molecule has 0 aliphatic carbocycles. The molecule has 0 aliphatic heterocycles. The van der Waals surface area contributed by atoms with E-state index >= 15 is 0 Å². The van der Waals surface area contributed by atoms with Crippen LogP contribution in [0.5, 0.6) is 0 Å². The molecule has 0 fully saturated rings. The SMILES string of the molecule is Nc1ccc(F)c[n+]1CC(O)c1ccc(Br)cc1.[Br-]. The first-order valence-corrected chi connectivity index (χ1v) is 6.23. The van der Waals surface area contributed by atoms with Crippen molar-refractivity contribution in [1.29, 1.82) is 0 Å². The molecule has 1 heterocycles. The van der Waals surface area contributed by atoms with Gasteiger partial charge in [0.25, 0.3) is 5.82 Å². The fourth-order valence-corrected chi connectivity index (χ4v) is 1.93. The number of nitrogens with zero attached hydrogens (tertiary/aromatic N) is 1. The van der Waals surface area contributed by atoms with Gasteiger partial charge in [-0.3, -0.25) is 5.73 Å². The summed E-state index contributed by atoms with van der Waals surface area (Å²) in [6, 6.07) is 10.1. The maximum Gasteiger partial charge on any atom is 0.272 e. The minimum absolute atomic E-state index is 0. The molecule has 0 radical (unpaired) electrons. The average Bonchev–Trinajstić information content (AvgIpc) is 2.34. The van der Waals surface area contributed by atoms with E-state index in [2.05, 4.69) is 15.9 Å². The monoisotopic (exact) mass is 390 g/mol. The van der Waals surface area contributed by atoms with E-state index in [-0.39, 0.29) is 29.3 Å². The van der Waals surface area contributed by atoms with Gasteiger partial charge in [-0.1, -0.05) is 28.1 Å². The Morgan fingerprint density at radius 2 is 1.84 bits per heavy atom. The molecule has 3 N–H and O–H groups in total. The topological polar surface area (TPSA) is 50.1 Å². The Labute approximate surface area is 129 Å². The molecule has 102 valence electrons. The maximum absolute atomic E-state index is 13.1. The number of aromatic nitrogens is 1. The molecule has 1 unspecified atom stereocenters. The lowest BCUT2D eigenvalue weighted by Gasteiger charge is -2.11. The van der Waals surface area contributed by atoms with Crippen LogP contribution in [0.1, 0.15) is 11.7 Å². The maximum atomic E-state index is 13.1. The van der Waals surface area contributed by atoms with Crippen LogP contribution in [0.2, 0.25) is 0 Å². The Hall–Kier alpha value is -0.980. The number of halogens is 3. The Kier molecular flexibility index (Phi) is 5.90. The predicted molar refractivity (Wildman–Crippen MR) is 70.1 cm³/mol. The molecular formula is C13H13Br2FN2O. The van der Waals surface area contributed by atoms with Gasteiger partial charge in [-0.2, -0.15) is 0 Å². The lowest BCUT2D eigenvalue weighted by molar-refractivity contribution is -0.692. The molecule has 0 spiro atoms. The number of rotatable bonds is 3. The molecule has 0 aliphatic rings. The van der Waals surface area contributed by atoms with Crippen molar-refractivity contribution in [3.63, 3.8) is 0 Å². The Morgan fingerprint density at radius 3 is 2.47 bits per heavy atom. The van der Waals surface area contributed by atoms with Crippen molar-refractivity contribution in [1.82, 2.24) is 0 Å². The van der Waals surface area contributed by atoms with Crippen LogP contribution in [0.25, 0.3) is 0 Å². The van der Waals surface area contributed by atoms with Gasteiger partial charge in [-0.25, -0.2) is 8.96 Å². The Bertz CT molecular complexity index is 549. The largest absolute Gasteiger partial charge is 1.00 e. The van der Waals surface area contributed by atoms with E-state index in [4.69, 9.17) is 5.73 Å². The number of nitrogen functional groups attached to an aromatic ring is 1. The van der Waals surface area contributed by atoms with Gasteiger partial charge in [0.1, 0.15) is 18.8 Å². The van der Waals surface area contributed by atoms with E-state index < -0.39 is 6.10 Å². The molecule has 2 aromatic rings. The van der Waals surface area contributed by atoms with Crippen molar-refractivity contribution < 1.29 is 31.0 Å². The van der Waals surface area contributed by atoms with Gasteiger partial charge in [-0.05, 0) is 23.8 Å². The zero-order chi connectivity index (χ0) is 13.1. The molecule has 2 rings (SSSR count). The number of anilines is 1. The highest BCUT2D eigenvalue weighted by Crippen LogP contribution is 2.17. The van der Waals surface area contributed by atoms with E-state index in [0.29, 0.717) is 5.82 Å².